The van der Waals surface area contributed by atoms with Crippen molar-refractivity contribution in [3.05, 3.63) is 22.3 Å². The summed E-state index contributed by atoms with van der Waals surface area (Å²) in [5, 5.41) is 8.85. The second-order valence-electron chi connectivity index (χ2n) is 3.17. The molecule has 0 aliphatic rings. The van der Waals surface area contributed by atoms with Crippen LogP contribution in [0.3, 0.4) is 0 Å². The molecule has 0 aromatic carbocycles. The molecule has 3 nitrogen and oxygen atoms in total. The fraction of sp³-hybridized carbons (Fsp3) is 0.455. The highest BCUT2D eigenvalue weighted by Crippen LogP contribution is 2.19. The van der Waals surface area contributed by atoms with Gasteiger partial charge in [0.05, 0.1) is 6.61 Å². The van der Waals surface area contributed by atoms with Gasteiger partial charge >= 0.3 is 0 Å². The van der Waals surface area contributed by atoms with Crippen molar-refractivity contribution >= 4 is 15.9 Å². The first kappa shape index (κ1) is 12.0. The zero-order chi connectivity index (χ0) is 11.1. The van der Waals surface area contributed by atoms with E-state index in [1.807, 2.05) is 0 Å². The van der Waals surface area contributed by atoms with Gasteiger partial charge in [0, 0.05) is 10.7 Å². The van der Waals surface area contributed by atoms with Crippen LogP contribution in [-0.4, -0.2) is 11.6 Å². The summed E-state index contributed by atoms with van der Waals surface area (Å²) in [6, 6.07) is 3.77. The van der Waals surface area contributed by atoms with E-state index in [9.17, 15) is 0 Å². The zero-order valence-corrected chi connectivity index (χ0v) is 10.2. The van der Waals surface area contributed by atoms with Gasteiger partial charge in [-0.05, 0) is 28.4 Å². The Balaban J connectivity index is 2.57. The molecule has 4 heteroatoms. The van der Waals surface area contributed by atoms with Crippen LogP contribution in [0.4, 0.5) is 0 Å². The Morgan fingerprint density at radius 3 is 3.00 bits per heavy atom. The third-order valence-corrected chi connectivity index (χ3v) is 2.36. The quantitative estimate of drug-likeness (QED) is 0.770. The molecule has 1 aromatic heterocycles. The molecule has 0 spiro atoms. The van der Waals surface area contributed by atoms with Crippen LogP contribution in [0.25, 0.3) is 0 Å². The molecule has 80 valence electrons. The standard InChI is InChI=1S/C11H13BrN2O/c1-2-3-4-5-15-11-9(7-13)6-10(12)8-14-11/h6,8H,2-5H2,1H3. The SMILES string of the molecule is CCCCCOc1ncc(Br)cc1C#N. The molecular weight excluding hydrogens is 256 g/mol. The summed E-state index contributed by atoms with van der Waals surface area (Å²) in [6.45, 7) is 2.76. The van der Waals surface area contributed by atoms with Crippen LogP contribution < -0.4 is 4.74 Å². The second-order valence-corrected chi connectivity index (χ2v) is 4.09. The Morgan fingerprint density at radius 2 is 2.33 bits per heavy atom. The van der Waals surface area contributed by atoms with Crippen molar-refractivity contribution in [2.45, 2.75) is 26.2 Å². The summed E-state index contributed by atoms with van der Waals surface area (Å²) in [5.74, 6) is 0.428. The second kappa shape index (κ2) is 6.41. The van der Waals surface area contributed by atoms with Gasteiger partial charge in [-0.15, -0.1) is 0 Å². The molecule has 0 unspecified atom stereocenters. The molecule has 0 aliphatic heterocycles. The summed E-state index contributed by atoms with van der Waals surface area (Å²) in [5.41, 5.74) is 0.473. The molecule has 1 rings (SSSR count). The fourth-order valence-electron chi connectivity index (χ4n) is 1.14. The molecule has 0 fully saturated rings. The molecule has 0 amide bonds. The van der Waals surface area contributed by atoms with Crippen molar-refractivity contribution in [1.29, 1.82) is 5.26 Å². The van der Waals surface area contributed by atoms with E-state index < -0.39 is 0 Å². The van der Waals surface area contributed by atoms with Gasteiger partial charge in [-0.3, -0.25) is 0 Å². The number of hydrogen-bond donors (Lipinski definition) is 0. The van der Waals surface area contributed by atoms with Gasteiger partial charge in [0.25, 0.3) is 0 Å². The van der Waals surface area contributed by atoms with E-state index in [0.29, 0.717) is 18.1 Å². The van der Waals surface area contributed by atoms with Crippen LogP contribution >= 0.6 is 15.9 Å². The minimum Gasteiger partial charge on any atom is -0.477 e. The van der Waals surface area contributed by atoms with Gasteiger partial charge in [-0.1, -0.05) is 19.8 Å². The Labute approximate surface area is 98.2 Å². The number of hydrogen-bond acceptors (Lipinski definition) is 3. The summed E-state index contributed by atoms with van der Waals surface area (Å²) in [7, 11) is 0. The van der Waals surface area contributed by atoms with Crippen molar-refractivity contribution in [3.63, 3.8) is 0 Å². The van der Waals surface area contributed by atoms with Crippen molar-refractivity contribution in [1.82, 2.24) is 4.98 Å². The molecule has 0 atom stereocenters. The minimum atomic E-state index is 0.428. The van der Waals surface area contributed by atoms with Gasteiger partial charge in [-0.2, -0.15) is 5.26 Å². The highest BCUT2D eigenvalue weighted by atomic mass is 79.9. The van der Waals surface area contributed by atoms with Gasteiger partial charge in [0.15, 0.2) is 0 Å². The lowest BCUT2D eigenvalue weighted by Crippen LogP contribution is -2.00. The van der Waals surface area contributed by atoms with Gasteiger partial charge < -0.3 is 4.74 Å². The summed E-state index contributed by atoms with van der Waals surface area (Å²) in [6.07, 6.45) is 4.93. The average molecular weight is 269 g/mol. The first-order valence-electron chi connectivity index (χ1n) is 4.96. The van der Waals surface area contributed by atoms with Crippen molar-refractivity contribution in [2.24, 2.45) is 0 Å². The predicted octanol–water partition coefficient (Wildman–Crippen LogP) is 3.28. The van der Waals surface area contributed by atoms with E-state index in [0.717, 1.165) is 23.7 Å². The Morgan fingerprint density at radius 1 is 1.53 bits per heavy atom. The van der Waals surface area contributed by atoms with E-state index in [4.69, 9.17) is 10.00 Å². The van der Waals surface area contributed by atoms with Crippen LogP contribution in [0.2, 0.25) is 0 Å². The van der Waals surface area contributed by atoms with E-state index in [1.165, 1.54) is 0 Å². The van der Waals surface area contributed by atoms with Crippen LogP contribution in [0, 0.1) is 11.3 Å². The first-order chi connectivity index (χ1) is 7.27. The maximum absolute atomic E-state index is 8.85. The van der Waals surface area contributed by atoms with Crippen molar-refractivity contribution in [3.8, 4) is 11.9 Å². The van der Waals surface area contributed by atoms with E-state index in [2.05, 4.69) is 33.9 Å². The normalized spacial score (nSPS) is 9.67. The molecule has 1 heterocycles. The van der Waals surface area contributed by atoms with Crippen LogP contribution in [0.1, 0.15) is 31.7 Å². The number of ether oxygens (including phenoxy) is 1. The van der Waals surface area contributed by atoms with Gasteiger partial charge in [0.2, 0.25) is 5.88 Å². The van der Waals surface area contributed by atoms with Crippen LogP contribution in [0.15, 0.2) is 16.7 Å². The molecule has 0 bridgehead atoms. The third-order valence-electron chi connectivity index (χ3n) is 1.92. The largest absolute Gasteiger partial charge is 0.477 e. The van der Waals surface area contributed by atoms with Crippen molar-refractivity contribution in [2.75, 3.05) is 6.61 Å². The average Bonchev–Trinajstić information content (AvgIpc) is 2.26. The molecule has 1 aromatic rings. The molecule has 0 saturated carbocycles. The monoisotopic (exact) mass is 268 g/mol. The number of halogens is 1. The zero-order valence-electron chi connectivity index (χ0n) is 8.66. The lowest BCUT2D eigenvalue weighted by Gasteiger charge is -2.05. The first-order valence-corrected chi connectivity index (χ1v) is 5.75. The lowest BCUT2D eigenvalue weighted by molar-refractivity contribution is 0.294. The third kappa shape index (κ3) is 3.88. The topological polar surface area (TPSA) is 45.9 Å². The Hall–Kier alpha value is -1.08. The highest BCUT2D eigenvalue weighted by Gasteiger charge is 2.04. The number of nitrogens with zero attached hydrogens (tertiary/aromatic N) is 2. The Kier molecular flexibility index (Phi) is 5.13. The molecule has 0 aliphatic carbocycles. The van der Waals surface area contributed by atoms with Crippen LogP contribution in [0.5, 0.6) is 5.88 Å². The number of aromatic nitrogens is 1. The molecule has 15 heavy (non-hydrogen) atoms. The van der Waals surface area contributed by atoms with E-state index >= 15 is 0 Å². The summed E-state index contributed by atoms with van der Waals surface area (Å²) >= 11 is 3.26. The summed E-state index contributed by atoms with van der Waals surface area (Å²) in [4.78, 5) is 4.06. The van der Waals surface area contributed by atoms with Crippen LogP contribution in [-0.2, 0) is 0 Å². The van der Waals surface area contributed by atoms with Gasteiger partial charge in [0.1, 0.15) is 11.6 Å². The maximum atomic E-state index is 8.85. The van der Waals surface area contributed by atoms with E-state index in [1.54, 1.807) is 12.3 Å². The number of rotatable bonds is 5. The molecule has 0 N–H and O–H groups in total. The molecule has 0 saturated heterocycles. The smallest absolute Gasteiger partial charge is 0.231 e. The van der Waals surface area contributed by atoms with Gasteiger partial charge in [-0.25, -0.2) is 4.98 Å². The fourth-order valence-corrected chi connectivity index (χ4v) is 1.47. The number of unbranched alkanes of at least 4 members (excludes halogenated alkanes) is 2. The summed E-state index contributed by atoms with van der Waals surface area (Å²) < 4.78 is 6.22. The lowest BCUT2D eigenvalue weighted by atomic mass is 10.2. The molecular formula is C11H13BrN2O. The molecule has 0 radical (unpaired) electrons. The van der Waals surface area contributed by atoms with Crippen molar-refractivity contribution < 1.29 is 4.74 Å². The highest BCUT2D eigenvalue weighted by molar-refractivity contribution is 9.10. The number of nitriles is 1. The Bertz CT molecular complexity index is 360. The minimum absolute atomic E-state index is 0.428. The van der Waals surface area contributed by atoms with E-state index in [-0.39, 0.29) is 0 Å². The maximum Gasteiger partial charge on any atom is 0.231 e. The predicted molar refractivity (Wildman–Crippen MR) is 61.7 cm³/mol. The number of pyridine rings is 1.